The first kappa shape index (κ1) is 11.5. The summed E-state index contributed by atoms with van der Waals surface area (Å²) in [5.74, 6) is 0.855. The summed E-state index contributed by atoms with van der Waals surface area (Å²) in [6, 6.07) is 1.99. The maximum Gasteiger partial charge on any atom is 0.125 e. The van der Waals surface area contributed by atoms with Gasteiger partial charge in [0.05, 0.1) is 5.69 Å². The molecule has 1 aliphatic carbocycles. The van der Waals surface area contributed by atoms with E-state index in [2.05, 4.69) is 22.2 Å². The molecule has 0 bridgehead atoms. The summed E-state index contributed by atoms with van der Waals surface area (Å²) in [5, 5.41) is 3.53. The number of nitrogens with zero attached hydrogens (tertiary/aromatic N) is 2. The standard InChI is InChI=1S/C13H21N3/c1-3-13(6-4-7-13)10-14-9-12-5-8-15-11(2)16-12/h5,8,14H,3-4,6-7,9-10H2,1-2H3. The van der Waals surface area contributed by atoms with Gasteiger partial charge >= 0.3 is 0 Å². The number of rotatable bonds is 5. The first-order chi connectivity index (χ1) is 7.74. The average molecular weight is 219 g/mol. The van der Waals surface area contributed by atoms with E-state index in [1.807, 2.05) is 19.2 Å². The van der Waals surface area contributed by atoms with Gasteiger partial charge in [-0.25, -0.2) is 9.97 Å². The molecule has 0 radical (unpaired) electrons. The van der Waals surface area contributed by atoms with Crippen LogP contribution in [-0.4, -0.2) is 16.5 Å². The van der Waals surface area contributed by atoms with Crippen molar-refractivity contribution in [2.75, 3.05) is 6.54 Å². The highest BCUT2D eigenvalue weighted by Crippen LogP contribution is 2.43. The van der Waals surface area contributed by atoms with Crippen molar-refractivity contribution in [3.8, 4) is 0 Å². The lowest BCUT2D eigenvalue weighted by Crippen LogP contribution is -2.39. The third-order valence-electron chi connectivity index (χ3n) is 3.80. The minimum atomic E-state index is 0.585. The van der Waals surface area contributed by atoms with Gasteiger partial charge in [0.25, 0.3) is 0 Å². The summed E-state index contributed by atoms with van der Waals surface area (Å²) in [6.45, 7) is 6.23. The SMILES string of the molecule is CCC1(CNCc2ccnc(C)n2)CCC1. The Morgan fingerprint density at radius 2 is 2.25 bits per heavy atom. The smallest absolute Gasteiger partial charge is 0.125 e. The molecule has 1 aromatic rings. The van der Waals surface area contributed by atoms with Crippen LogP contribution in [0.15, 0.2) is 12.3 Å². The van der Waals surface area contributed by atoms with Crippen molar-refractivity contribution < 1.29 is 0 Å². The Kier molecular flexibility index (Phi) is 3.54. The Balaban J connectivity index is 1.79. The zero-order chi connectivity index (χ0) is 11.4. The van der Waals surface area contributed by atoms with Gasteiger partial charge in [0.1, 0.15) is 5.82 Å². The van der Waals surface area contributed by atoms with Crippen LogP contribution in [0.5, 0.6) is 0 Å². The number of hydrogen-bond donors (Lipinski definition) is 1. The van der Waals surface area contributed by atoms with Gasteiger partial charge in [-0.3, -0.25) is 0 Å². The lowest BCUT2D eigenvalue weighted by Gasteiger charge is -2.41. The second-order valence-corrected chi connectivity index (χ2v) is 4.91. The van der Waals surface area contributed by atoms with E-state index in [4.69, 9.17) is 0 Å². The Labute approximate surface area is 97.7 Å². The lowest BCUT2D eigenvalue weighted by atomic mass is 9.67. The zero-order valence-corrected chi connectivity index (χ0v) is 10.3. The Hall–Kier alpha value is -0.960. The first-order valence-electron chi connectivity index (χ1n) is 6.23. The zero-order valence-electron chi connectivity index (χ0n) is 10.3. The van der Waals surface area contributed by atoms with Gasteiger partial charge in [0.2, 0.25) is 0 Å². The molecule has 1 fully saturated rings. The van der Waals surface area contributed by atoms with Crippen molar-refractivity contribution in [3.63, 3.8) is 0 Å². The molecule has 0 atom stereocenters. The molecule has 0 aliphatic heterocycles. The molecule has 3 nitrogen and oxygen atoms in total. The molecule has 1 aliphatic rings. The molecule has 16 heavy (non-hydrogen) atoms. The average Bonchev–Trinajstić information content (AvgIpc) is 2.22. The molecule has 1 aromatic heterocycles. The van der Waals surface area contributed by atoms with Crippen LogP contribution in [0.1, 0.15) is 44.1 Å². The molecule has 0 unspecified atom stereocenters. The van der Waals surface area contributed by atoms with Crippen LogP contribution in [0.2, 0.25) is 0 Å². The minimum absolute atomic E-state index is 0.585. The van der Waals surface area contributed by atoms with Gasteiger partial charge in [0.15, 0.2) is 0 Å². The third kappa shape index (κ3) is 2.59. The van der Waals surface area contributed by atoms with E-state index in [0.717, 1.165) is 24.6 Å². The van der Waals surface area contributed by atoms with Gasteiger partial charge in [-0.1, -0.05) is 13.3 Å². The Morgan fingerprint density at radius 1 is 1.44 bits per heavy atom. The van der Waals surface area contributed by atoms with E-state index in [-0.39, 0.29) is 0 Å². The topological polar surface area (TPSA) is 37.8 Å². The van der Waals surface area contributed by atoms with Crippen LogP contribution in [-0.2, 0) is 6.54 Å². The number of hydrogen-bond acceptors (Lipinski definition) is 3. The lowest BCUT2D eigenvalue weighted by molar-refractivity contribution is 0.123. The second-order valence-electron chi connectivity index (χ2n) is 4.91. The monoisotopic (exact) mass is 219 g/mol. The van der Waals surface area contributed by atoms with Crippen LogP contribution in [0.4, 0.5) is 0 Å². The highest BCUT2D eigenvalue weighted by Gasteiger charge is 2.34. The second kappa shape index (κ2) is 4.91. The summed E-state index contributed by atoms with van der Waals surface area (Å²) < 4.78 is 0. The van der Waals surface area contributed by atoms with Gasteiger partial charge in [-0.05, 0) is 37.7 Å². The predicted molar refractivity (Wildman–Crippen MR) is 65.1 cm³/mol. The summed E-state index contributed by atoms with van der Waals surface area (Å²) >= 11 is 0. The summed E-state index contributed by atoms with van der Waals surface area (Å²) in [6.07, 6.45) is 7.31. The quantitative estimate of drug-likeness (QED) is 0.826. The largest absolute Gasteiger partial charge is 0.311 e. The van der Waals surface area contributed by atoms with Crippen molar-refractivity contribution in [2.24, 2.45) is 5.41 Å². The van der Waals surface area contributed by atoms with Crippen LogP contribution in [0.25, 0.3) is 0 Å². The Bertz CT molecular complexity index is 339. The van der Waals surface area contributed by atoms with Crippen molar-refractivity contribution >= 4 is 0 Å². The van der Waals surface area contributed by atoms with Gasteiger partial charge in [0, 0.05) is 19.3 Å². The van der Waals surface area contributed by atoms with Crippen LogP contribution >= 0.6 is 0 Å². The predicted octanol–water partition coefficient (Wildman–Crippen LogP) is 2.45. The van der Waals surface area contributed by atoms with E-state index < -0.39 is 0 Å². The van der Waals surface area contributed by atoms with Crippen molar-refractivity contribution in [3.05, 3.63) is 23.8 Å². The van der Waals surface area contributed by atoms with Gasteiger partial charge in [-0.15, -0.1) is 0 Å². The maximum absolute atomic E-state index is 4.39. The van der Waals surface area contributed by atoms with E-state index in [9.17, 15) is 0 Å². The summed E-state index contributed by atoms with van der Waals surface area (Å²) in [4.78, 5) is 8.49. The number of nitrogens with one attached hydrogen (secondary N) is 1. The molecule has 1 saturated carbocycles. The normalized spacial score (nSPS) is 18.1. The minimum Gasteiger partial charge on any atom is -0.311 e. The first-order valence-corrected chi connectivity index (χ1v) is 6.23. The highest BCUT2D eigenvalue weighted by molar-refractivity contribution is 5.01. The molecule has 1 N–H and O–H groups in total. The van der Waals surface area contributed by atoms with Crippen LogP contribution in [0.3, 0.4) is 0 Å². The number of aryl methyl sites for hydroxylation is 1. The van der Waals surface area contributed by atoms with E-state index in [1.165, 1.54) is 25.7 Å². The fourth-order valence-electron chi connectivity index (χ4n) is 2.39. The van der Waals surface area contributed by atoms with Crippen LogP contribution < -0.4 is 5.32 Å². The summed E-state index contributed by atoms with van der Waals surface area (Å²) in [7, 11) is 0. The third-order valence-corrected chi connectivity index (χ3v) is 3.80. The molecule has 0 aromatic carbocycles. The molecule has 1 heterocycles. The molecule has 2 rings (SSSR count). The molecule has 0 spiro atoms. The van der Waals surface area contributed by atoms with Crippen molar-refractivity contribution in [2.45, 2.75) is 46.1 Å². The molecule has 88 valence electrons. The molecule has 3 heteroatoms. The van der Waals surface area contributed by atoms with Crippen molar-refractivity contribution in [1.29, 1.82) is 0 Å². The van der Waals surface area contributed by atoms with E-state index in [1.54, 1.807) is 0 Å². The number of aromatic nitrogens is 2. The molecule has 0 amide bonds. The van der Waals surface area contributed by atoms with E-state index in [0.29, 0.717) is 5.41 Å². The highest BCUT2D eigenvalue weighted by atomic mass is 14.9. The Morgan fingerprint density at radius 3 is 2.81 bits per heavy atom. The van der Waals surface area contributed by atoms with Gasteiger partial charge < -0.3 is 5.32 Å². The van der Waals surface area contributed by atoms with Gasteiger partial charge in [-0.2, -0.15) is 0 Å². The fraction of sp³-hybridized carbons (Fsp3) is 0.692. The molecule has 0 saturated heterocycles. The van der Waals surface area contributed by atoms with Crippen LogP contribution in [0, 0.1) is 12.3 Å². The maximum atomic E-state index is 4.39. The van der Waals surface area contributed by atoms with Crippen molar-refractivity contribution in [1.82, 2.24) is 15.3 Å². The van der Waals surface area contributed by atoms with E-state index >= 15 is 0 Å². The summed E-state index contributed by atoms with van der Waals surface area (Å²) in [5.41, 5.74) is 1.68. The fourth-order valence-corrected chi connectivity index (χ4v) is 2.39. The molecular weight excluding hydrogens is 198 g/mol. The molecular formula is C13H21N3.